The van der Waals surface area contributed by atoms with E-state index in [1.807, 2.05) is 79.7 Å². The molecule has 1 aliphatic heterocycles. The summed E-state index contributed by atoms with van der Waals surface area (Å²) in [7, 11) is 0. The van der Waals surface area contributed by atoms with Gasteiger partial charge in [0.2, 0.25) is 5.95 Å². The topological polar surface area (TPSA) is 81.9 Å². The maximum absolute atomic E-state index is 13.3. The van der Waals surface area contributed by atoms with E-state index in [9.17, 15) is 4.79 Å². The van der Waals surface area contributed by atoms with Gasteiger partial charge in [-0.1, -0.05) is 60.7 Å². The average molecular weight is 423 g/mol. The SMILES string of the molecule is CC1=C(C(=O)OCc2ccccc2)[C@H](c2ccncc2)n2nc(-c3ccccc3)nc2N1. The summed E-state index contributed by atoms with van der Waals surface area (Å²) >= 11 is 0. The fraction of sp³-hybridized carbons (Fsp3) is 0.120. The Labute approximate surface area is 185 Å². The molecular formula is C25H21N5O2. The number of carbonyl (C=O) groups excluding carboxylic acids is 1. The number of pyridine rings is 1. The zero-order valence-corrected chi connectivity index (χ0v) is 17.5. The Morgan fingerprint density at radius 1 is 1.00 bits per heavy atom. The van der Waals surface area contributed by atoms with Gasteiger partial charge < -0.3 is 10.1 Å². The summed E-state index contributed by atoms with van der Waals surface area (Å²) < 4.78 is 7.42. The van der Waals surface area contributed by atoms with Crippen LogP contribution in [0.15, 0.2) is 96.5 Å². The third-order valence-corrected chi connectivity index (χ3v) is 5.34. The number of allylic oxidation sites excluding steroid dienone is 1. The minimum absolute atomic E-state index is 0.193. The summed E-state index contributed by atoms with van der Waals surface area (Å²) in [5, 5.41) is 7.98. The van der Waals surface area contributed by atoms with Crippen molar-refractivity contribution in [3.63, 3.8) is 0 Å². The van der Waals surface area contributed by atoms with Crippen molar-refractivity contribution in [1.82, 2.24) is 19.7 Å². The lowest BCUT2D eigenvalue weighted by molar-refractivity contribution is -0.140. The summed E-state index contributed by atoms with van der Waals surface area (Å²) in [5.74, 6) is 0.754. The first kappa shape index (κ1) is 19.7. The van der Waals surface area contributed by atoms with Gasteiger partial charge >= 0.3 is 5.97 Å². The van der Waals surface area contributed by atoms with Crippen molar-refractivity contribution in [3.05, 3.63) is 108 Å². The molecule has 0 aliphatic carbocycles. The number of anilines is 1. The van der Waals surface area contributed by atoms with E-state index in [0.29, 0.717) is 23.0 Å². The molecule has 0 unspecified atom stereocenters. The van der Waals surface area contributed by atoms with Crippen LogP contribution in [0, 0.1) is 0 Å². The second kappa shape index (κ2) is 8.47. The van der Waals surface area contributed by atoms with Crippen LogP contribution in [0.5, 0.6) is 0 Å². The Kier molecular flexibility index (Phi) is 5.21. The molecule has 0 amide bonds. The normalized spacial score (nSPS) is 15.1. The molecule has 1 aliphatic rings. The van der Waals surface area contributed by atoms with Crippen molar-refractivity contribution >= 4 is 11.9 Å². The molecule has 4 aromatic rings. The van der Waals surface area contributed by atoms with Crippen molar-refractivity contribution in [2.75, 3.05) is 5.32 Å². The second-order valence-corrected chi connectivity index (χ2v) is 7.48. The van der Waals surface area contributed by atoms with Crippen LogP contribution in [0.3, 0.4) is 0 Å². The first-order chi connectivity index (χ1) is 15.7. The van der Waals surface area contributed by atoms with Gasteiger partial charge in [0, 0.05) is 23.7 Å². The molecule has 7 nitrogen and oxygen atoms in total. The van der Waals surface area contributed by atoms with E-state index in [2.05, 4.69) is 15.3 Å². The average Bonchev–Trinajstić information content (AvgIpc) is 3.27. The molecule has 0 fully saturated rings. The number of hydrogen-bond donors (Lipinski definition) is 1. The molecule has 7 heteroatoms. The molecule has 3 heterocycles. The predicted molar refractivity (Wildman–Crippen MR) is 120 cm³/mol. The number of esters is 1. The lowest BCUT2D eigenvalue weighted by Crippen LogP contribution is -2.29. The Morgan fingerprint density at radius 2 is 1.69 bits per heavy atom. The standard InChI is InChI=1S/C25H21N5O2/c1-17-21(24(31)32-16-18-8-4-2-5-9-18)22(19-12-14-26-15-13-19)30-25(27-17)28-23(29-30)20-10-6-3-7-11-20/h2-15,22H,16H2,1H3,(H,27,28,29)/t22-/m0/s1. The number of aromatic nitrogens is 4. The minimum Gasteiger partial charge on any atom is -0.457 e. The van der Waals surface area contributed by atoms with Gasteiger partial charge in [0.25, 0.3) is 0 Å². The van der Waals surface area contributed by atoms with E-state index >= 15 is 0 Å². The Morgan fingerprint density at radius 3 is 2.41 bits per heavy atom. The summed E-state index contributed by atoms with van der Waals surface area (Å²) in [6.45, 7) is 2.05. The van der Waals surface area contributed by atoms with Crippen LogP contribution in [-0.4, -0.2) is 25.7 Å². The molecule has 0 radical (unpaired) electrons. The highest BCUT2D eigenvalue weighted by molar-refractivity contribution is 5.92. The Balaban J connectivity index is 1.53. The maximum atomic E-state index is 13.3. The van der Waals surface area contributed by atoms with Gasteiger partial charge in [0.1, 0.15) is 12.6 Å². The highest BCUT2D eigenvalue weighted by Gasteiger charge is 2.35. The van der Waals surface area contributed by atoms with E-state index < -0.39 is 12.0 Å². The van der Waals surface area contributed by atoms with Crippen LogP contribution in [-0.2, 0) is 16.1 Å². The third-order valence-electron chi connectivity index (χ3n) is 5.34. The number of nitrogens with one attached hydrogen (secondary N) is 1. The maximum Gasteiger partial charge on any atom is 0.338 e. The van der Waals surface area contributed by atoms with E-state index in [1.54, 1.807) is 17.1 Å². The molecule has 0 saturated heterocycles. The lowest BCUT2D eigenvalue weighted by Gasteiger charge is -2.28. The molecule has 0 spiro atoms. The van der Waals surface area contributed by atoms with Crippen LogP contribution < -0.4 is 5.32 Å². The third kappa shape index (κ3) is 3.76. The molecule has 1 atom stereocenters. The first-order valence-electron chi connectivity index (χ1n) is 10.3. The molecule has 2 aromatic heterocycles. The van der Waals surface area contributed by atoms with Crippen LogP contribution in [0.1, 0.15) is 24.1 Å². The van der Waals surface area contributed by atoms with E-state index in [1.165, 1.54) is 0 Å². The van der Waals surface area contributed by atoms with Crippen LogP contribution in [0.4, 0.5) is 5.95 Å². The summed E-state index contributed by atoms with van der Waals surface area (Å²) in [6.07, 6.45) is 3.41. The molecule has 158 valence electrons. The van der Waals surface area contributed by atoms with E-state index in [0.717, 1.165) is 16.7 Å². The molecule has 32 heavy (non-hydrogen) atoms. The summed E-state index contributed by atoms with van der Waals surface area (Å²) in [4.78, 5) is 22.0. The molecule has 5 rings (SSSR count). The van der Waals surface area contributed by atoms with Gasteiger partial charge in [-0.2, -0.15) is 4.98 Å². The number of nitrogens with zero attached hydrogens (tertiary/aromatic N) is 4. The quantitative estimate of drug-likeness (QED) is 0.480. The van der Waals surface area contributed by atoms with Gasteiger partial charge in [-0.05, 0) is 30.2 Å². The largest absolute Gasteiger partial charge is 0.457 e. The second-order valence-electron chi connectivity index (χ2n) is 7.48. The molecular weight excluding hydrogens is 402 g/mol. The minimum atomic E-state index is -0.484. The monoisotopic (exact) mass is 423 g/mol. The number of rotatable bonds is 5. The summed E-state index contributed by atoms with van der Waals surface area (Å²) in [6, 6.07) is 22.6. The highest BCUT2D eigenvalue weighted by Crippen LogP contribution is 2.36. The van der Waals surface area contributed by atoms with Gasteiger partial charge in [0.05, 0.1) is 5.57 Å². The lowest BCUT2D eigenvalue weighted by atomic mass is 9.96. The Hall–Kier alpha value is -4.26. The van der Waals surface area contributed by atoms with Crippen LogP contribution >= 0.6 is 0 Å². The van der Waals surface area contributed by atoms with Crippen molar-refractivity contribution in [3.8, 4) is 11.4 Å². The van der Waals surface area contributed by atoms with Gasteiger partial charge in [-0.15, -0.1) is 5.10 Å². The van der Waals surface area contributed by atoms with E-state index in [-0.39, 0.29) is 6.61 Å². The van der Waals surface area contributed by atoms with E-state index in [4.69, 9.17) is 9.84 Å². The van der Waals surface area contributed by atoms with Crippen molar-refractivity contribution in [2.45, 2.75) is 19.6 Å². The first-order valence-corrected chi connectivity index (χ1v) is 10.3. The zero-order chi connectivity index (χ0) is 21.9. The predicted octanol–water partition coefficient (Wildman–Crippen LogP) is 4.37. The van der Waals surface area contributed by atoms with Crippen molar-refractivity contribution in [2.24, 2.45) is 0 Å². The fourth-order valence-electron chi connectivity index (χ4n) is 3.78. The van der Waals surface area contributed by atoms with Crippen molar-refractivity contribution in [1.29, 1.82) is 0 Å². The number of ether oxygens (including phenoxy) is 1. The smallest absolute Gasteiger partial charge is 0.338 e. The molecule has 0 saturated carbocycles. The molecule has 2 aromatic carbocycles. The number of carbonyl (C=O) groups is 1. The van der Waals surface area contributed by atoms with Crippen LogP contribution in [0.25, 0.3) is 11.4 Å². The fourth-order valence-corrected chi connectivity index (χ4v) is 3.78. The summed E-state index contributed by atoms with van der Waals surface area (Å²) in [5.41, 5.74) is 3.87. The van der Waals surface area contributed by atoms with Crippen molar-refractivity contribution < 1.29 is 9.53 Å². The number of benzene rings is 2. The van der Waals surface area contributed by atoms with Gasteiger partial charge in [0.15, 0.2) is 5.82 Å². The number of fused-ring (bicyclic) bond motifs is 1. The highest BCUT2D eigenvalue weighted by atomic mass is 16.5. The molecule has 1 N–H and O–H groups in total. The van der Waals surface area contributed by atoms with Crippen LogP contribution in [0.2, 0.25) is 0 Å². The Bertz CT molecular complexity index is 1270. The molecule has 0 bridgehead atoms. The van der Waals surface area contributed by atoms with Gasteiger partial charge in [-0.25, -0.2) is 9.48 Å². The van der Waals surface area contributed by atoms with Gasteiger partial charge in [-0.3, -0.25) is 4.98 Å². The zero-order valence-electron chi connectivity index (χ0n) is 17.5. The number of hydrogen-bond acceptors (Lipinski definition) is 6.